The first-order valence-electron chi connectivity index (χ1n) is 4.64. The maximum absolute atomic E-state index is 10.8. The molecule has 1 aromatic rings. The summed E-state index contributed by atoms with van der Waals surface area (Å²) < 4.78 is 4.41. The largest absolute Gasteiger partial charge is 0.468 e. The van der Waals surface area contributed by atoms with E-state index in [4.69, 9.17) is 5.73 Å². The maximum atomic E-state index is 10.8. The highest BCUT2D eigenvalue weighted by atomic mass is 16.6. The maximum Gasteiger partial charge on any atom is 0.317 e. The monoisotopic (exact) mass is 234 g/mol. The molecule has 88 valence electrons. The van der Waals surface area contributed by atoms with Crippen molar-refractivity contribution >= 4 is 17.3 Å². The molecule has 0 fully saturated rings. The Morgan fingerprint density at radius 2 is 2.29 bits per heavy atom. The molecule has 0 spiro atoms. The van der Waals surface area contributed by atoms with Crippen LogP contribution in [0.15, 0.2) is 18.2 Å². The molecule has 0 aromatic heterocycles. The quantitative estimate of drug-likeness (QED) is 0.272. The van der Waals surface area contributed by atoms with Crippen molar-refractivity contribution in [3.63, 3.8) is 0 Å². The summed E-state index contributed by atoms with van der Waals surface area (Å²) in [7, 11) is 1.27. The molecule has 6 heteroatoms. The predicted molar refractivity (Wildman–Crippen MR) is 61.0 cm³/mol. The zero-order valence-electron chi connectivity index (χ0n) is 9.10. The van der Waals surface area contributed by atoms with Gasteiger partial charge in [-0.3, -0.25) is 14.9 Å². The molecule has 0 aliphatic carbocycles. The molecule has 0 amide bonds. The second-order valence-electron chi connectivity index (χ2n) is 3.09. The Labute approximate surface area is 97.5 Å². The highest BCUT2D eigenvalue weighted by molar-refractivity contribution is 5.72. The van der Waals surface area contributed by atoms with Crippen LogP contribution in [0, 0.1) is 22.0 Å². The van der Waals surface area contributed by atoms with E-state index in [0.29, 0.717) is 5.56 Å². The molecule has 0 heterocycles. The van der Waals surface area contributed by atoms with E-state index in [9.17, 15) is 14.9 Å². The molecule has 0 aliphatic rings. The van der Waals surface area contributed by atoms with Crippen LogP contribution in [0.3, 0.4) is 0 Å². The first kappa shape index (κ1) is 12.5. The first-order valence-corrected chi connectivity index (χ1v) is 4.64. The number of benzene rings is 1. The van der Waals surface area contributed by atoms with E-state index in [1.165, 1.54) is 25.3 Å². The van der Waals surface area contributed by atoms with Crippen LogP contribution in [0.2, 0.25) is 0 Å². The third-order valence-corrected chi connectivity index (χ3v) is 1.92. The van der Waals surface area contributed by atoms with E-state index < -0.39 is 10.9 Å². The van der Waals surface area contributed by atoms with E-state index in [0.717, 1.165) is 0 Å². The van der Waals surface area contributed by atoms with Crippen molar-refractivity contribution in [3.05, 3.63) is 33.9 Å². The molecule has 0 unspecified atom stereocenters. The fourth-order valence-electron chi connectivity index (χ4n) is 1.09. The number of nitro groups is 1. The second-order valence-corrected chi connectivity index (χ2v) is 3.09. The average molecular weight is 234 g/mol. The zero-order valence-corrected chi connectivity index (χ0v) is 9.10. The van der Waals surface area contributed by atoms with Crippen LogP contribution in [0.4, 0.5) is 11.4 Å². The SMILES string of the molecule is COC(=O)CC#Cc1ccc([N+](=O)[O-])c(N)c1. The summed E-state index contributed by atoms with van der Waals surface area (Å²) in [6.45, 7) is 0. The van der Waals surface area contributed by atoms with Crippen LogP contribution in [0.1, 0.15) is 12.0 Å². The number of hydrogen-bond acceptors (Lipinski definition) is 5. The van der Waals surface area contributed by atoms with Crippen LogP contribution in [-0.2, 0) is 9.53 Å². The van der Waals surface area contributed by atoms with E-state index in [1.807, 2.05) is 0 Å². The van der Waals surface area contributed by atoms with Crippen LogP contribution in [0.25, 0.3) is 0 Å². The van der Waals surface area contributed by atoms with Gasteiger partial charge >= 0.3 is 5.97 Å². The van der Waals surface area contributed by atoms with E-state index in [1.54, 1.807) is 0 Å². The summed E-state index contributed by atoms with van der Waals surface area (Å²) in [5, 5.41) is 10.5. The highest BCUT2D eigenvalue weighted by Crippen LogP contribution is 2.21. The molecule has 17 heavy (non-hydrogen) atoms. The molecule has 0 radical (unpaired) electrons. The number of nitrogens with zero attached hydrogens (tertiary/aromatic N) is 1. The lowest BCUT2D eigenvalue weighted by atomic mass is 10.2. The summed E-state index contributed by atoms with van der Waals surface area (Å²) in [4.78, 5) is 20.7. The van der Waals surface area contributed by atoms with E-state index in [2.05, 4.69) is 16.6 Å². The first-order chi connectivity index (χ1) is 8.04. The zero-order chi connectivity index (χ0) is 12.8. The minimum absolute atomic E-state index is 0.0343. The van der Waals surface area contributed by atoms with Crippen molar-refractivity contribution in [1.82, 2.24) is 0 Å². The topological polar surface area (TPSA) is 95.5 Å². The van der Waals surface area contributed by atoms with Gasteiger partial charge < -0.3 is 10.5 Å². The number of methoxy groups -OCH3 is 1. The number of carbonyl (C=O) groups is 1. The average Bonchev–Trinajstić information content (AvgIpc) is 2.28. The summed E-state index contributed by atoms with van der Waals surface area (Å²) in [6, 6.07) is 4.14. The number of esters is 1. The van der Waals surface area contributed by atoms with Gasteiger partial charge in [-0.2, -0.15) is 0 Å². The Balaban J connectivity index is 2.84. The van der Waals surface area contributed by atoms with Gasteiger partial charge in [0.15, 0.2) is 0 Å². The lowest BCUT2D eigenvalue weighted by molar-refractivity contribution is -0.383. The molecule has 6 nitrogen and oxygen atoms in total. The van der Waals surface area contributed by atoms with Crippen LogP contribution < -0.4 is 5.73 Å². The fraction of sp³-hybridized carbons (Fsp3) is 0.182. The van der Waals surface area contributed by atoms with Gasteiger partial charge in [-0.1, -0.05) is 11.8 Å². The smallest absolute Gasteiger partial charge is 0.317 e. The lowest BCUT2D eigenvalue weighted by Crippen LogP contribution is -1.97. The minimum Gasteiger partial charge on any atom is -0.468 e. The molecular formula is C11H10N2O4. The molecule has 1 aromatic carbocycles. The number of anilines is 1. The normalized spacial score (nSPS) is 9.00. The molecule has 1 rings (SSSR count). The Morgan fingerprint density at radius 1 is 1.59 bits per heavy atom. The summed E-state index contributed by atoms with van der Waals surface area (Å²) in [6.07, 6.45) is -0.0343. The Hall–Kier alpha value is -2.55. The van der Waals surface area contributed by atoms with Gasteiger partial charge in [-0.25, -0.2) is 0 Å². The van der Waals surface area contributed by atoms with Gasteiger partial charge in [0.2, 0.25) is 0 Å². The lowest BCUT2D eigenvalue weighted by Gasteiger charge is -1.96. The van der Waals surface area contributed by atoms with Crippen molar-refractivity contribution in [3.8, 4) is 11.8 Å². The third kappa shape index (κ3) is 3.50. The number of carbonyl (C=O) groups excluding carboxylic acids is 1. The molecule has 0 saturated carbocycles. The number of nitrogens with two attached hydrogens (primary N) is 1. The summed E-state index contributed by atoms with van der Waals surface area (Å²) in [5.41, 5.74) is 5.87. The number of nitrogen functional groups attached to an aromatic ring is 1. The number of rotatable bonds is 2. The third-order valence-electron chi connectivity index (χ3n) is 1.92. The fourth-order valence-corrected chi connectivity index (χ4v) is 1.09. The van der Waals surface area contributed by atoms with Crippen molar-refractivity contribution in [2.75, 3.05) is 12.8 Å². The van der Waals surface area contributed by atoms with Gasteiger partial charge in [0.1, 0.15) is 12.1 Å². The van der Waals surface area contributed by atoms with Crippen molar-refractivity contribution in [1.29, 1.82) is 0 Å². The number of hydrogen-bond donors (Lipinski definition) is 1. The van der Waals surface area contributed by atoms with Crippen molar-refractivity contribution < 1.29 is 14.5 Å². The molecule has 0 atom stereocenters. The Morgan fingerprint density at radius 3 is 2.82 bits per heavy atom. The standard InChI is InChI=1S/C11H10N2O4/c1-17-11(14)4-2-3-8-5-6-10(13(15)16)9(12)7-8/h5-7H,4,12H2,1H3. The molecule has 0 saturated heterocycles. The van der Waals surface area contributed by atoms with Gasteiger partial charge in [0.05, 0.1) is 12.0 Å². The Bertz CT molecular complexity index is 514. The van der Waals surface area contributed by atoms with Crippen molar-refractivity contribution in [2.45, 2.75) is 6.42 Å². The van der Waals surface area contributed by atoms with E-state index in [-0.39, 0.29) is 17.8 Å². The predicted octanol–water partition coefficient (Wildman–Crippen LogP) is 1.09. The highest BCUT2D eigenvalue weighted by Gasteiger charge is 2.09. The number of ether oxygens (including phenoxy) is 1. The van der Waals surface area contributed by atoms with E-state index >= 15 is 0 Å². The summed E-state index contributed by atoms with van der Waals surface area (Å²) >= 11 is 0. The van der Waals surface area contributed by atoms with Crippen LogP contribution in [0.5, 0.6) is 0 Å². The molecule has 0 aliphatic heterocycles. The minimum atomic E-state index is -0.568. The van der Waals surface area contributed by atoms with Gasteiger partial charge in [-0.15, -0.1) is 0 Å². The second kappa shape index (κ2) is 5.51. The van der Waals surface area contributed by atoms with Gasteiger partial charge in [-0.05, 0) is 12.1 Å². The number of nitro benzene ring substituents is 1. The molecular weight excluding hydrogens is 224 g/mol. The van der Waals surface area contributed by atoms with Crippen LogP contribution >= 0.6 is 0 Å². The summed E-state index contributed by atoms with van der Waals surface area (Å²) in [5.74, 6) is 4.80. The van der Waals surface area contributed by atoms with Gasteiger partial charge in [0, 0.05) is 11.6 Å². The van der Waals surface area contributed by atoms with Gasteiger partial charge in [0.25, 0.3) is 5.69 Å². The molecule has 2 N–H and O–H groups in total. The molecule has 0 bridgehead atoms. The van der Waals surface area contributed by atoms with Crippen molar-refractivity contribution in [2.24, 2.45) is 0 Å². The Kier molecular flexibility index (Phi) is 4.06. The van der Waals surface area contributed by atoms with Crippen LogP contribution in [-0.4, -0.2) is 18.0 Å².